The fourth-order valence-electron chi connectivity index (χ4n) is 4.31. The molecule has 6 heteroatoms. The maximum absolute atomic E-state index is 13.7. The molecule has 0 aliphatic heterocycles. The van der Waals surface area contributed by atoms with Gasteiger partial charge in [0.2, 0.25) is 0 Å². The highest BCUT2D eigenvalue weighted by molar-refractivity contribution is 6.30. The number of aryl methyl sites for hydroxylation is 1. The Kier molecular flexibility index (Phi) is 7.13. The molecule has 4 rings (SSSR count). The lowest BCUT2D eigenvalue weighted by atomic mass is 10.1. The molecule has 1 unspecified atom stereocenters. The number of hydrogen-bond acceptors (Lipinski definition) is 3. The third-order valence-corrected chi connectivity index (χ3v) is 6.41. The normalized spacial score (nSPS) is 12.0. The summed E-state index contributed by atoms with van der Waals surface area (Å²) in [6.07, 6.45) is 1.51. The fourth-order valence-corrected chi connectivity index (χ4v) is 4.44. The molecular formula is C28H28ClN3O2. The molecule has 0 spiro atoms. The Balaban J connectivity index is 1.91. The summed E-state index contributed by atoms with van der Waals surface area (Å²) in [5.41, 5.74) is 2.96. The number of nitrogens with zero attached hydrogens (tertiary/aromatic N) is 3. The largest absolute Gasteiger partial charge is 0.329 e. The van der Waals surface area contributed by atoms with E-state index in [4.69, 9.17) is 16.6 Å². The molecular weight excluding hydrogens is 446 g/mol. The lowest BCUT2D eigenvalue weighted by Crippen LogP contribution is -2.38. The number of para-hydroxylation sites is 1. The van der Waals surface area contributed by atoms with Crippen molar-refractivity contribution in [1.82, 2.24) is 14.5 Å². The number of fused-ring (bicyclic) bond motifs is 1. The number of aromatic nitrogens is 2. The molecule has 5 nitrogen and oxygen atoms in total. The first-order valence-electron chi connectivity index (χ1n) is 11.7. The zero-order valence-corrected chi connectivity index (χ0v) is 20.4. The van der Waals surface area contributed by atoms with Crippen molar-refractivity contribution in [3.05, 3.63) is 105 Å². The standard InChI is InChI=1S/C28H28ClN3O2/c1-4-19-11-17-22(18-12-19)32-26(30-24-10-8-7-9-23(24)28(32)34)25(5-2)31(6-3)27(33)20-13-15-21(29)16-14-20/h7-18,25H,4-6H2,1-3H3. The first-order chi connectivity index (χ1) is 16.5. The molecule has 4 aromatic rings. The van der Waals surface area contributed by atoms with Gasteiger partial charge in [-0.15, -0.1) is 0 Å². The van der Waals surface area contributed by atoms with Gasteiger partial charge in [0.1, 0.15) is 5.82 Å². The topological polar surface area (TPSA) is 55.2 Å². The summed E-state index contributed by atoms with van der Waals surface area (Å²) >= 11 is 6.03. The molecule has 174 valence electrons. The van der Waals surface area contributed by atoms with Crippen molar-refractivity contribution >= 4 is 28.4 Å². The molecule has 1 atom stereocenters. The smallest absolute Gasteiger partial charge is 0.266 e. The summed E-state index contributed by atoms with van der Waals surface area (Å²) in [6, 6.07) is 21.8. The monoisotopic (exact) mass is 473 g/mol. The molecule has 0 saturated carbocycles. The number of hydrogen-bond donors (Lipinski definition) is 0. The van der Waals surface area contributed by atoms with Crippen LogP contribution in [0.1, 0.15) is 55.0 Å². The van der Waals surface area contributed by atoms with E-state index in [0.717, 1.165) is 12.1 Å². The summed E-state index contributed by atoms with van der Waals surface area (Å²) in [4.78, 5) is 33.9. The number of carbonyl (C=O) groups is 1. The molecule has 0 bridgehead atoms. The van der Waals surface area contributed by atoms with Gasteiger partial charge in [-0.2, -0.15) is 0 Å². The molecule has 1 heterocycles. The van der Waals surface area contributed by atoms with Gasteiger partial charge >= 0.3 is 0 Å². The minimum absolute atomic E-state index is 0.124. The SMILES string of the molecule is CCc1ccc(-n2c(C(CC)N(CC)C(=O)c3ccc(Cl)cc3)nc3ccccc3c2=O)cc1. The Morgan fingerprint density at radius 3 is 2.26 bits per heavy atom. The van der Waals surface area contributed by atoms with E-state index in [2.05, 4.69) is 6.92 Å². The first kappa shape index (κ1) is 23.7. The molecule has 3 aromatic carbocycles. The second-order valence-corrected chi connectivity index (χ2v) is 8.61. The Bertz CT molecular complexity index is 1360. The lowest BCUT2D eigenvalue weighted by Gasteiger charge is -2.31. The highest BCUT2D eigenvalue weighted by atomic mass is 35.5. The van der Waals surface area contributed by atoms with Gasteiger partial charge in [0.05, 0.1) is 22.6 Å². The van der Waals surface area contributed by atoms with E-state index in [1.165, 1.54) is 5.56 Å². The summed E-state index contributed by atoms with van der Waals surface area (Å²) in [5.74, 6) is 0.431. The predicted molar refractivity (Wildman–Crippen MR) is 138 cm³/mol. The van der Waals surface area contributed by atoms with E-state index >= 15 is 0 Å². The van der Waals surface area contributed by atoms with Crippen molar-refractivity contribution in [3.8, 4) is 5.69 Å². The van der Waals surface area contributed by atoms with E-state index in [9.17, 15) is 9.59 Å². The van der Waals surface area contributed by atoms with Crippen LogP contribution in [-0.4, -0.2) is 26.9 Å². The van der Waals surface area contributed by atoms with Crippen LogP contribution in [0.2, 0.25) is 5.02 Å². The average Bonchev–Trinajstić information content (AvgIpc) is 2.87. The second-order valence-electron chi connectivity index (χ2n) is 8.17. The van der Waals surface area contributed by atoms with E-state index in [1.54, 1.807) is 39.8 Å². The minimum atomic E-state index is -0.392. The zero-order valence-electron chi connectivity index (χ0n) is 19.7. The zero-order chi connectivity index (χ0) is 24.2. The van der Waals surface area contributed by atoms with Gasteiger partial charge in [-0.1, -0.05) is 49.7 Å². The van der Waals surface area contributed by atoms with E-state index in [0.29, 0.717) is 40.3 Å². The first-order valence-corrected chi connectivity index (χ1v) is 12.0. The van der Waals surface area contributed by atoms with Crippen LogP contribution in [0.3, 0.4) is 0 Å². The van der Waals surface area contributed by atoms with Gasteiger partial charge in [-0.05, 0) is 73.9 Å². The number of benzene rings is 3. The van der Waals surface area contributed by atoms with Crippen LogP contribution in [0.5, 0.6) is 0 Å². The minimum Gasteiger partial charge on any atom is -0.329 e. The Labute approximate surface area is 204 Å². The molecule has 0 fully saturated rings. The quantitative estimate of drug-likeness (QED) is 0.320. The summed E-state index contributed by atoms with van der Waals surface area (Å²) in [5, 5.41) is 1.12. The molecule has 0 saturated heterocycles. The molecule has 0 aliphatic carbocycles. The number of amides is 1. The molecule has 0 aliphatic rings. The van der Waals surface area contributed by atoms with E-state index in [1.807, 2.05) is 56.3 Å². The van der Waals surface area contributed by atoms with Crippen LogP contribution >= 0.6 is 11.6 Å². The number of rotatable bonds is 7. The number of carbonyl (C=O) groups excluding carboxylic acids is 1. The molecule has 0 radical (unpaired) electrons. The fraction of sp³-hybridized carbons (Fsp3) is 0.250. The second kappa shape index (κ2) is 10.2. The highest BCUT2D eigenvalue weighted by Crippen LogP contribution is 2.27. The van der Waals surface area contributed by atoms with Crippen molar-refractivity contribution in [2.45, 2.75) is 39.7 Å². The van der Waals surface area contributed by atoms with Gasteiger partial charge in [0.25, 0.3) is 11.5 Å². The van der Waals surface area contributed by atoms with Crippen molar-refractivity contribution < 1.29 is 4.79 Å². The van der Waals surface area contributed by atoms with Crippen molar-refractivity contribution in [2.75, 3.05) is 6.54 Å². The Morgan fingerprint density at radius 2 is 1.65 bits per heavy atom. The molecule has 1 aromatic heterocycles. The van der Waals surface area contributed by atoms with Gasteiger partial charge in [-0.25, -0.2) is 4.98 Å². The van der Waals surface area contributed by atoms with Crippen molar-refractivity contribution in [1.29, 1.82) is 0 Å². The van der Waals surface area contributed by atoms with Crippen LogP contribution in [0, 0.1) is 0 Å². The van der Waals surface area contributed by atoms with Crippen LogP contribution in [0.15, 0.2) is 77.6 Å². The molecule has 34 heavy (non-hydrogen) atoms. The highest BCUT2D eigenvalue weighted by Gasteiger charge is 2.28. The van der Waals surface area contributed by atoms with Crippen molar-refractivity contribution in [2.24, 2.45) is 0 Å². The summed E-state index contributed by atoms with van der Waals surface area (Å²) in [6.45, 7) is 6.51. The van der Waals surface area contributed by atoms with Crippen LogP contribution in [0.25, 0.3) is 16.6 Å². The van der Waals surface area contributed by atoms with Gasteiger partial charge < -0.3 is 4.90 Å². The number of halogens is 1. The molecule has 0 N–H and O–H groups in total. The van der Waals surface area contributed by atoms with E-state index < -0.39 is 6.04 Å². The summed E-state index contributed by atoms with van der Waals surface area (Å²) in [7, 11) is 0. The average molecular weight is 474 g/mol. The van der Waals surface area contributed by atoms with Gasteiger partial charge in [0.15, 0.2) is 0 Å². The Morgan fingerprint density at radius 1 is 0.971 bits per heavy atom. The van der Waals surface area contributed by atoms with Crippen LogP contribution < -0.4 is 5.56 Å². The predicted octanol–water partition coefficient (Wildman–Crippen LogP) is 6.21. The third kappa shape index (κ3) is 4.48. The third-order valence-electron chi connectivity index (χ3n) is 6.16. The van der Waals surface area contributed by atoms with Crippen molar-refractivity contribution in [3.63, 3.8) is 0 Å². The van der Waals surface area contributed by atoms with Crippen LogP contribution in [-0.2, 0) is 6.42 Å². The maximum atomic E-state index is 13.7. The lowest BCUT2D eigenvalue weighted by molar-refractivity contribution is 0.0672. The van der Waals surface area contributed by atoms with Crippen LogP contribution in [0.4, 0.5) is 0 Å². The molecule has 1 amide bonds. The Hall–Kier alpha value is -3.44. The maximum Gasteiger partial charge on any atom is 0.266 e. The van der Waals surface area contributed by atoms with E-state index in [-0.39, 0.29) is 11.5 Å². The van der Waals surface area contributed by atoms with Gasteiger partial charge in [0, 0.05) is 17.1 Å². The summed E-state index contributed by atoms with van der Waals surface area (Å²) < 4.78 is 1.66. The van der Waals surface area contributed by atoms with Gasteiger partial charge in [-0.3, -0.25) is 14.2 Å².